The lowest BCUT2D eigenvalue weighted by Crippen LogP contribution is -2.33. The van der Waals surface area contributed by atoms with Gasteiger partial charge in [0, 0.05) is 0 Å². The maximum atomic E-state index is 11.9. The number of benzene rings is 1. The Bertz CT molecular complexity index is 628. The average Bonchev–Trinajstić information content (AvgIpc) is 2.75. The summed E-state index contributed by atoms with van der Waals surface area (Å²) in [6.07, 6.45) is 0. The third kappa shape index (κ3) is 2.76. The third-order valence-electron chi connectivity index (χ3n) is 2.79. The van der Waals surface area contributed by atoms with Gasteiger partial charge in [0.1, 0.15) is 5.25 Å². The van der Waals surface area contributed by atoms with E-state index in [0.29, 0.717) is 17.1 Å². The normalized spacial score (nSPS) is 15.3. The van der Waals surface area contributed by atoms with Crippen LogP contribution < -0.4 is 15.2 Å². The summed E-state index contributed by atoms with van der Waals surface area (Å²) >= 11 is 5.95. The van der Waals surface area contributed by atoms with Gasteiger partial charge in [0.25, 0.3) is 0 Å². The largest absolute Gasteiger partial charge is 0.454 e. The second-order valence-corrected chi connectivity index (χ2v) is 6.89. The first-order valence-corrected chi connectivity index (χ1v) is 7.49. The molecule has 0 aliphatic carbocycles. The molecule has 0 bridgehead atoms. The molecule has 8 heteroatoms. The van der Waals surface area contributed by atoms with Gasteiger partial charge in [-0.05, 0) is 24.6 Å². The van der Waals surface area contributed by atoms with Crippen molar-refractivity contribution in [3.63, 3.8) is 0 Å². The predicted molar refractivity (Wildman–Crippen MR) is 68.9 cm³/mol. The zero-order valence-corrected chi connectivity index (χ0v) is 11.6. The maximum Gasteiger partial charge on any atom is 0.235 e. The van der Waals surface area contributed by atoms with Crippen molar-refractivity contribution in [2.24, 2.45) is 5.73 Å². The van der Waals surface area contributed by atoms with Gasteiger partial charge in [0.2, 0.25) is 12.7 Å². The van der Waals surface area contributed by atoms with E-state index in [1.54, 1.807) is 0 Å². The van der Waals surface area contributed by atoms with Crippen LogP contribution in [0.3, 0.4) is 0 Å². The smallest absolute Gasteiger partial charge is 0.235 e. The van der Waals surface area contributed by atoms with Gasteiger partial charge in [0.05, 0.1) is 10.8 Å². The van der Waals surface area contributed by atoms with E-state index in [1.807, 2.05) is 0 Å². The van der Waals surface area contributed by atoms with Crippen LogP contribution in [0.25, 0.3) is 0 Å². The maximum absolute atomic E-state index is 11.9. The van der Waals surface area contributed by atoms with E-state index in [1.165, 1.54) is 19.1 Å². The number of amides is 1. The summed E-state index contributed by atoms with van der Waals surface area (Å²) < 4.78 is 34.1. The van der Waals surface area contributed by atoms with E-state index in [4.69, 9.17) is 26.8 Å². The summed E-state index contributed by atoms with van der Waals surface area (Å²) in [4.78, 5) is 11.0. The molecule has 6 nitrogen and oxygen atoms in total. The zero-order chi connectivity index (χ0) is 14.2. The van der Waals surface area contributed by atoms with Crippen molar-refractivity contribution in [1.29, 1.82) is 0 Å². The molecule has 2 N–H and O–H groups in total. The minimum Gasteiger partial charge on any atom is -0.454 e. The lowest BCUT2D eigenvalue weighted by molar-refractivity contribution is -0.117. The summed E-state index contributed by atoms with van der Waals surface area (Å²) in [5, 5.41) is -0.983. The van der Waals surface area contributed by atoms with Gasteiger partial charge >= 0.3 is 0 Å². The Hall–Kier alpha value is -1.47. The van der Waals surface area contributed by atoms with Crippen LogP contribution in [0, 0.1) is 0 Å². The number of sulfone groups is 1. The molecule has 0 radical (unpaired) electrons. The van der Waals surface area contributed by atoms with Crippen LogP contribution in [0.15, 0.2) is 12.1 Å². The molecule has 0 saturated carbocycles. The van der Waals surface area contributed by atoms with Gasteiger partial charge < -0.3 is 15.2 Å². The lowest BCUT2D eigenvalue weighted by atomic mass is 10.2. The van der Waals surface area contributed by atoms with E-state index in [-0.39, 0.29) is 17.6 Å². The molecule has 1 aliphatic heterocycles. The highest BCUT2D eigenvalue weighted by molar-refractivity contribution is 7.92. The molecule has 0 fully saturated rings. The number of hydrogen-bond donors (Lipinski definition) is 1. The van der Waals surface area contributed by atoms with Crippen molar-refractivity contribution in [2.45, 2.75) is 17.9 Å². The topological polar surface area (TPSA) is 95.7 Å². The highest BCUT2D eigenvalue weighted by Gasteiger charge is 2.27. The van der Waals surface area contributed by atoms with Crippen LogP contribution in [0.2, 0.25) is 5.02 Å². The van der Waals surface area contributed by atoms with Crippen molar-refractivity contribution in [3.05, 3.63) is 22.7 Å². The number of rotatable bonds is 4. The Morgan fingerprint density at radius 3 is 2.79 bits per heavy atom. The molecule has 1 aliphatic rings. The summed E-state index contributed by atoms with van der Waals surface area (Å²) in [5.74, 6) is -0.435. The standard InChI is InChI=1S/C11H12ClNO5S/c1-6(11(13)14)19(15,16)4-7-2-8(12)10-9(3-7)17-5-18-10/h2-3,6H,4-5H2,1H3,(H2,13,14)/t6-/m0/s1. The quantitative estimate of drug-likeness (QED) is 0.890. The van der Waals surface area contributed by atoms with Crippen LogP contribution in [0.5, 0.6) is 11.5 Å². The molecule has 0 unspecified atom stereocenters. The van der Waals surface area contributed by atoms with E-state index in [9.17, 15) is 13.2 Å². The fraction of sp³-hybridized carbons (Fsp3) is 0.364. The first-order valence-electron chi connectivity index (χ1n) is 5.40. The Morgan fingerprint density at radius 2 is 2.16 bits per heavy atom. The van der Waals surface area contributed by atoms with Crippen LogP contribution in [0.1, 0.15) is 12.5 Å². The number of nitrogens with two attached hydrogens (primary N) is 1. The number of fused-ring (bicyclic) bond motifs is 1. The second-order valence-electron chi connectivity index (χ2n) is 4.16. The molecule has 0 spiro atoms. The molecule has 0 saturated heterocycles. The highest BCUT2D eigenvalue weighted by Crippen LogP contribution is 2.40. The molecule has 1 aromatic rings. The first-order chi connectivity index (χ1) is 8.81. The SMILES string of the molecule is C[C@@H](C(N)=O)S(=O)(=O)Cc1cc(Cl)c2c(c1)OCO2. The van der Waals surface area contributed by atoms with Gasteiger partial charge in [-0.1, -0.05) is 11.6 Å². The van der Waals surface area contributed by atoms with Gasteiger partial charge in [-0.3, -0.25) is 4.79 Å². The number of halogens is 1. The lowest BCUT2D eigenvalue weighted by Gasteiger charge is -2.10. The Morgan fingerprint density at radius 1 is 1.47 bits per heavy atom. The molecular formula is C11H12ClNO5S. The van der Waals surface area contributed by atoms with Crippen molar-refractivity contribution < 1.29 is 22.7 Å². The third-order valence-corrected chi connectivity index (χ3v) is 5.12. The average molecular weight is 306 g/mol. The van der Waals surface area contributed by atoms with Crippen molar-refractivity contribution >= 4 is 27.3 Å². The van der Waals surface area contributed by atoms with Gasteiger partial charge in [-0.2, -0.15) is 0 Å². The van der Waals surface area contributed by atoms with Crippen LogP contribution in [-0.2, 0) is 20.4 Å². The van der Waals surface area contributed by atoms with Crippen LogP contribution >= 0.6 is 11.6 Å². The molecular weight excluding hydrogens is 294 g/mol. The molecule has 1 amide bonds. The number of carbonyl (C=O) groups excluding carboxylic acids is 1. The first kappa shape index (κ1) is 14.0. The Balaban J connectivity index is 2.30. The van der Waals surface area contributed by atoms with Crippen LogP contribution in [0.4, 0.5) is 0 Å². The molecule has 1 heterocycles. The molecule has 104 valence electrons. The summed E-state index contributed by atoms with van der Waals surface area (Å²) in [6, 6.07) is 3.00. The van der Waals surface area contributed by atoms with Crippen LogP contribution in [-0.4, -0.2) is 26.4 Å². The van der Waals surface area contributed by atoms with E-state index in [2.05, 4.69) is 0 Å². The van der Waals surface area contributed by atoms with Crippen molar-refractivity contribution in [2.75, 3.05) is 6.79 Å². The Kier molecular flexibility index (Phi) is 3.60. The van der Waals surface area contributed by atoms with Gasteiger partial charge in [-0.15, -0.1) is 0 Å². The van der Waals surface area contributed by atoms with E-state index >= 15 is 0 Å². The minimum atomic E-state index is -3.68. The van der Waals surface area contributed by atoms with Gasteiger partial charge in [0.15, 0.2) is 21.3 Å². The minimum absolute atomic E-state index is 0.0446. The second kappa shape index (κ2) is 4.90. The summed E-state index contributed by atoms with van der Waals surface area (Å²) in [7, 11) is -3.68. The summed E-state index contributed by atoms with van der Waals surface area (Å²) in [6.45, 7) is 1.30. The fourth-order valence-corrected chi connectivity index (χ4v) is 3.16. The highest BCUT2D eigenvalue weighted by atomic mass is 35.5. The molecule has 1 aromatic carbocycles. The fourth-order valence-electron chi connectivity index (χ4n) is 1.64. The van der Waals surface area contributed by atoms with E-state index in [0.717, 1.165) is 0 Å². The molecule has 2 rings (SSSR count). The molecule has 1 atom stereocenters. The van der Waals surface area contributed by atoms with E-state index < -0.39 is 21.0 Å². The number of ether oxygens (including phenoxy) is 2. The Labute approximate surface area is 115 Å². The summed E-state index contributed by atoms with van der Waals surface area (Å²) in [5.41, 5.74) is 5.43. The van der Waals surface area contributed by atoms with Gasteiger partial charge in [-0.25, -0.2) is 8.42 Å². The van der Waals surface area contributed by atoms with Crippen molar-refractivity contribution in [1.82, 2.24) is 0 Å². The molecule has 0 aromatic heterocycles. The monoisotopic (exact) mass is 305 g/mol. The number of hydrogen-bond acceptors (Lipinski definition) is 5. The number of primary amides is 1. The van der Waals surface area contributed by atoms with Crippen molar-refractivity contribution in [3.8, 4) is 11.5 Å². The number of carbonyl (C=O) groups is 1. The zero-order valence-electron chi connectivity index (χ0n) is 10.1. The predicted octanol–water partition coefficient (Wildman–Crippen LogP) is 0.857. The molecule has 19 heavy (non-hydrogen) atoms.